The number of allylic oxidation sites excluding steroid dienone is 4. The zero-order chi connectivity index (χ0) is 57.2. The van der Waals surface area contributed by atoms with Gasteiger partial charge in [-0.2, -0.15) is 0 Å². The van der Waals surface area contributed by atoms with Gasteiger partial charge in [0.25, 0.3) is 5.69 Å². The topological polar surface area (TPSA) is 184 Å². The molecule has 0 heterocycles. The number of hydrogen-bond donors (Lipinski definition) is 0. The van der Waals surface area contributed by atoms with Crippen LogP contribution in [0.1, 0.15) is 238 Å². The van der Waals surface area contributed by atoms with Crippen LogP contribution in [-0.2, 0) is 44.7 Å². The van der Waals surface area contributed by atoms with Crippen LogP contribution in [0.4, 0.5) is 10.5 Å². The molecule has 2 aromatic carbocycles. The van der Waals surface area contributed by atoms with Gasteiger partial charge in [0.15, 0.2) is 6.10 Å². The molecule has 1 unspecified atom stereocenters. The lowest BCUT2D eigenvalue weighted by Crippen LogP contribution is -2.31. The van der Waals surface area contributed by atoms with Gasteiger partial charge in [0.1, 0.15) is 31.3 Å². The Kier molecular flexibility index (Phi) is 38.1. The van der Waals surface area contributed by atoms with Crippen LogP contribution in [0.25, 0.3) is 0 Å². The molecule has 0 radical (unpaired) electrons. The number of non-ortho nitro benzene ring substituents is 1. The highest BCUT2D eigenvalue weighted by Gasteiger charge is 2.22. The Hall–Kier alpha value is -5.53. The van der Waals surface area contributed by atoms with E-state index in [0.29, 0.717) is 41.7 Å². The maximum absolute atomic E-state index is 13.2. The van der Waals surface area contributed by atoms with Gasteiger partial charge in [-0.15, -0.1) is 0 Å². The fourth-order valence-corrected chi connectivity index (χ4v) is 8.95. The molecule has 0 aromatic heterocycles. The van der Waals surface area contributed by atoms with Crippen molar-refractivity contribution in [3.05, 3.63) is 87.5 Å². The van der Waals surface area contributed by atoms with E-state index in [1.807, 2.05) is 6.92 Å². The van der Waals surface area contributed by atoms with Crippen LogP contribution < -0.4 is 9.47 Å². The third-order valence-electron chi connectivity index (χ3n) is 13.5. The number of unbranched alkanes of at least 4 members (excludes halogenated alkanes) is 17. The van der Waals surface area contributed by atoms with E-state index in [9.17, 15) is 34.1 Å². The molecule has 1 atom stereocenters. The van der Waals surface area contributed by atoms with Crippen LogP contribution in [-0.4, -0.2) is 54.3 Å². The van der Waals surface area contributed by atoms with Crippen molar-refractivity contribution >= 4 is 35.7 Å². The first-order valence-electron chi connectivity index (χ1n) is 29.7. The van der Waals surface area contributed by atoms with Crippen LogP contribution in [0.2, 0.25) is 0 Å². The number of aryl methyl sites for hydroxylation is 2. The molecule has 0 saturated heterocycles. The smallest absolute Gasteiger partial charge is 0.462 e. The van der Waals surface area contributed by atoms with Gasteiger partial charge >= 0.3 is 30.0 Å². The molecule has 2 rings (SSSR count). The van der Waals surface area contributed by atoms with Gasteiger partial charge in [-0.3, -0.25) is 29.3 Å². The summed E-state index contributed by atoms with van der Waals surface area (Å²) in [5.41, 5.74) is 1.87. The summed E-state index contributed by atoms with van der Waals surface area (Å²) in [7, 11) is 0. The van der Waals surface area contributed by atoms with E-state index >= 15 is 0 Å². The van der Waals surface area contributed by atoms with Crippen molar-refractivity contribution in [3.63, 3.8) is 0 Å². The van der Waals surface area contributed by atoms with Crippen LogP contribution >= 0.6 is 0 Å². The Bertz CT molecular complexity index is 1980. The maximum Gasteiger partial charge on any atom is 0.514 e. The second-order valence-corrected chi connectivity index (χ2v) is 22.1. The summed E-state index contributed by atoms with van der Waals surface area (Å²) < 4.78 is 32.9. The van der Waals surface area contributed by atoms with E-state index in [1.165, 1.54) is 75.6 Å². The molecule has 438 valence electrons. The van der Waals surface area contributed by atoms with Crippen molar-refractivity contribution in [1.29, 1.82) is 0 Å². The number of nitrogens with zero attached hydrogens (tertiary/aromatic N) is 1. The predicted octanol–water partition coefficient (Wildman–Crippen LogP) is 17.2. The molecular formula is C64H99NO13. The Labute approximate surface area is 468 Å². The zero-order valence-electron chi connectivity index (χ0n) is 49.0. The molecule has 14 nitrogen and oxygen atoms in total. The Morgan fingerprint density at radius 2 is 0.936 bits per heavy atom. The van der Waals surface area contributed by atoms with Crippen LogP contribution in [0.3, 0.4) is 0 Å². The van der Waals surface area contributed by atoms with Crippen molar-refractivity contribution in [2.24, 2.45) is 17.8 Å². The molecular weight excluding hydrogens is 991 g/mol. The fraction of sp³-hybridized carbons (Fsp3) is 0.672. The lowest BCUT2D eigenvalue weighted by atomic mass is 10.00. The first-order valence-corrected chi connectivity index (χ1v) is 29.7. The van der Waals surface area contributed by atoms with Crippen molar-refractivity contribution in [1.82, 2.24) is 0 Å². The minimum atomic E-state index is -0.973. The highest BCUT2D eigenvalue weighted by molar-refractivity contribution is 5.73. The number of esters is 4. The van der Waals surface area contributed by atoms with Gasteiger partial charge in [0, 0.05) is 37.8 Å². The van der Waals surface area contributed by atoms with Gasteiger partial charge in [-0.05, 0) is 143 Å². The molecule has 0 aliphatic carbocycles. The number of nitro groups is 1. The van der Waals surface area contributed by atoms with Gasteiger partial charge in [0.05, 0.1) is 4.92 Å². The highest BCUT2D eigenvalue weighted by atomic mass is 16.7. The zero-order valence-corrected chi connectivity index (χ0v) is 49.0. The van der Waals surface area contributed by atoms with E-state index < -0.39 is 29.1 Å². The fourth-order valence-electron chi connectivity index (χ4n) is 8.95. The lowest BCUT2D eigenvalue weighted by Gasteiger charge is -2.19. The van der Waals surface area contributed by atoms with Gasteiger partial charge in [-0.25, -0.2) is 4.79 Å². The number of nitro benzene ring substituents is 1. The van der Waals surface area contributed by atoms with Gasteiger partial charge in [0.2, 0.25) is 0 Å². The van der Waals surface area contributed by atoms with E-state index in [0.717, 1.165) is 102 Å². The van der Waals surface area contributed by atoms with Crippen molar-refractivity contribution in [2.75, 3.05) is 13.2 Å². The Balaban J connectivity index is 1.75. The van der Waals surface area contributed by atoms with Crippen LogP contribution in [0.15, 0.2) is 60.7 Å². The summed E-state index contributed by atoms with van der Waals surface area (Å²) in [6.45, 7) is 14.1. The van der Waals surface area contributed by atoms with E-state index in [2.05, 4.69) is 52.0 Å². The number of carbonyl (C=O) groups is 5. The van der Waals surface area contributed by atoms with Gasteiger partial charge in [-0.1, -0.05) is 149 Å². The minimum absolute atomic E-state index is 0.0641. The summed E-state index contributed by atoms with van der Waals surface area (Å²) in [5, 5.41) is 10.9. The minimum Gasteiger partial charge on any atom is -0.462 e. The molecule has 2 aromatic rings. The number of rotatable bonds is 45. The Morgan fingerprint density at radius 3 is 1.41 bits per heavy atom. The molecule has 0 saturated carbocycles. The molecule has 78 heavy (non-hydrogen) atoms. The summed E-state index contributed by atoms with van der Waals surface area (Å²) in [6.07, 6.45) is 34.8. The maximum atomic E-state index is 13.2. The molecule has 0 N–H and O–H groups in total. The second-order valence-electron chi connectivity index (χ2n) is 22.1. The van der Waals surface area contributed by atoms with E-state index in [-0.39, 0.29) is 74.8 Å². The Morgan fingerprint density at radius 1 is 0.513 bits per heavy atom. The highest BCUT2D eigenvalue weighted by Crippen LogP contribution is 2.27. The predicted molar refractivity (Wildman–Crippen MR) is 308 cm³/mol. The first kappa shape index (κ1) is 68.6. The quantitative estimate of drug-likeness (QED) is 0.00893. The molecule has 0 aliphatic heterocycles. The molecule has 0 aliphatic rings. The summed E-state index contributed by atoms with van der Waals surface area (Å²) in [5.74, 6) is 0.417. The number of ether oxygens (including phenoxy) is 6. The standard InChI is InChI=1S/C64H99NO13/c1-50(2)34-28-24-20-16-12-8-10-14-18-22-26-30-37-59(66)73-48-58(49-74-60(67)38-31-27-23-19-15-11-9-13-17-21-25-29-35-51(3)4)76-62(69)44-52(5)36-32-33-39-61(68)78-63-53(6)45-55(46-54(63)7)47-75-64(70)77-57-42-40-56(41-43-57)65(71)72/h8-9,12-13,40-43,45-46,50-52,58H,10-11,14-39,44,47-49H2,1-7H3/b12-8-,13-9-. The number of hydrogen-bond acceptors (Lipinski definition) is 13. The van der Waals surface area contributed by atoms with Crippen molar-refractivity contribution < 1.29 is 57.3 Å². The van der Waals surface area contributed by atoms with E-state index in [4.69, 9.17) is 28.4 Å². The third-order valence-corrected chi connectivity index (χ3v) is 13.5. The number of benzene rings is 2. The van der Waals surface area contributed by atoms with Crippen LogP contribution in [0.5, 0.6) is 11.5 Å². The largest absolute Gasteiger partial charge is 0.514 e. The average Bonchev–Trinajstić information content (AvgIpc) is 3.39. The summed E-state index contributed by atoms with van der Waals surface area (Å²) >= 11 is 0. The monoisotopic (exact) mass is 1090 g/mol. The number of carbonyl (C=O) groups excluding carboxylic acids is 5. The molecule has 14 heteroatoms. The van der Waals surface area contributed by atoms with Crippen LogP contribution in [0, 0.1) is 41.7 Å². The molecule has 0 amide bonds. The van der Waals surface area contributed by atoms with Crippen molar-refractivity contribution in [2.45, 2.75) is 247 Å². The van der Waals surface area contributed by atoms with Crippen molar-refractivity contribution in [3.8, 4) is 11.5 Å². The molecule has 0 spiro atoms. The summed E-state index contributed by atoms with van der Waals surface area (Å²) in [4.78, 5) is 74.1. The van der Waals surface area contributed by atoms with E-state index in [1.54, 1.807) is 26.0 Å². The molecule has 0 fully saturated rings. The SMILES string of the molecule is Cc1cc(COC(=O)Oc2ccc([N+](=O)[O-])cc2)cc(C)c1OC(=O)CCCCC(C)CC(=O)OC(COC(=O)CCCCCCC/C=C\CCCCCC(C)C)COC(=O)CCCCCCC/C=C\CCCCCC(C)C. The molecule has 0 bridgehead atoms. The normalized spacial score (nSPS) is 11.9. The summed E-state index contributed by atoms with van der Waals surface area (Å²) in [6, 6.07) is 8.53. The average molecular weight is 1090 g/mol. The lowest BCUT2D eigenvalue weighted by molar-refractivity contribution is -0.384. The van der Waals surface area contributed by atoms with Gasteiger partial charge < -0.3 is 28.4 Å². The third kappa shape index (κ3) is 36.5. The first-order chi connectivity index (χ1) is 37.5. The second kappa shape index (κ2) is 43.4.